The summed E-state index contributed by atoms with van der Waals surface area (Å²) in [4.78, 5) is 0. The number of benzene rings is 1. The standard InChI is InChI=1S/C15H22O4/c1-12(2)10-18-5-6-19-11-13-3-4-14(8-16)15(7-13)9-17/h3-4,7,16-17H,1,5-6,8-11H2,2H3. The van der Waals surface area contributed by atoms with Crippen LogP contribution in [0.3, 0.4) is 0 Å². The molecule has 0 saturated heterocycles. The lowest BCUT2D eigenvalue weighted by Crippen LogP contribution is -2.06. The van der Waals surface area contributed by atoms with E-state index in [1.54, 1.807) is 0 Å². The normalized spacial score (nSPS) is 10.7. The maximum absolute atomic E-state index is 9.19. The molecule has 0 aliphatic rings. The van der Waals surface area contributed by atoms with Gasteiger partial charge in [-0.05, 0) is 23.6 Å². The Morgan fingerprint density at radius 2 is 1.79 bits per heavy atom. The molecule has 0 amide bonds. The van der Waals surface area contributed by atoms with E-state index in [-0.39, 0.29) is 13.2 Å². The molecule has 0 aromatic heterocycles. The molecule has 0 unspecified atom stereocenters. The third-order valence-corrected chi connectivity index (χ3v) is 2.60. The first-order valence-electron chi connectivity index (χ1n) is 6.29. The zero-order valence-electron chi connectivity index (χ0n) is 11.4. The van der Waals surface area contributed by atoms with Gasteiger partial charge in [-0.1, -0.05) is 30.4 Å². The fourth-order valence-corrected chi connectivity index (χ4v) is 1.62. The van der Waals surface area contributed by atoms with Crippen molar-refractivity contribution in [2.45, 2.75) is 26.7 Å². The topological polar surface area (TPSA) is 58.9 Å². The van der Waals surface area contributed by atoms with Crippen molar-refractivity contribution in [3.63, 3.8) is 0 Å². The second kappa shape index (κ2) is 8.82. The van der Waals surface area contributed by atoms with E-state index in [0.717, 1.165) is 22.3 Å². The highest BCUT2D eigenvalue weighted by molar-refractivity contribution is 5.30. The van der Waals surface area contributed by atoms with Crippen LogP contribution in [0.5, 0.6) is 0 Å². The predicted octanol–water partition coefficient (Wildman–Crippen LogP) is 1.78. The molecule has 4 nitrogen and oxygen atoms in total. The Morgan fingerprint density at radius 3 is 2.42 bits per heavy atom. The van der Waals surface area contributed by atoms with Crippen LogP contribution >= 0.6 is 0 Å². The summed E-state index contributed by atoms with van der Waals surface area (Å²) in [5.74, 6) is 0. The molecule has 19 heavy (non-hydrogen) atoms. The van der Waals surface area contributed by atoms with Gasteiger partial charge in [-0.2, -0.15) is 0 Å². The van der Waals surface area contributed by atoms with Crippen molar-refractivity contribution in [3.05, 3.63) is 47.0 Å². The van der Waals surface area contributed by atoms with E-state index >= 15 is 0 Å². The fourth-order valence-electron chi connectivity index (χ4n) is 1.62. The predicted molar refractivity (Wildman–Crippen MR) is 73.6 cm³/mol. The van der Waals surface area contributed by atoms with Crippen LogP contribution in [0, 0.1) is 0 Å². The molecular formula is C15H22O4. The van der Waals surface area contributed by atoms with E-state index in [2.05, 4.69) is 6.58 Å². The van der Waals surface area contributed by atoms with E-state index in [9.17, 15) is 5.11 Å². The average molecular weight is 266 g/mol. The molecule has 1 aromatic rings. The Bertz CT molecular complexity index is 401. The molecule has 106 valence electrons. The highest BCUT2D eigenvalue weighted by Crippen LogP contribution is 2.13. The van der Waals surface area contributed by atoms with Crippen molar-refractivity contribution >= 4 is 0 Å². The van der Waals surface area contributed by atoms with Crippen LogP contribution < -0.4 is 0 Å². The Hall–Kier alpha value is -1.20. The monoisotopic (exact) mass is 266 g/mol. The van der Waals surface area contributed by atoms with Crippen LogP contribution in [-0.2, 0) is 29.3 Å². The summed E-state index contributed by atoms with van der Waals surface area (Å²) in [6, 6.07) is 5.54. The minimum Gasteiger partial charge on any atom is -0.392 e. The SMILES string of the molecule is C=C(C)COCCOCc1ccc(CO)c(CO)c1. The summed E-state index contributed by atoms with van der Waals surface area (Å²) in [7, 11) is 0. The van der Waals surface area contributed by atoms with E-state index < -0.39 is 0 Å². The molecule has 1 rings (SSSR count). The number of ether oxygens (including phenoxy) is 2. The Balaban J connectivity index is 2.31. The first kappa shape index (κ1) is 15.9. The zero-order valence-corrected chi connectivity index (χ0v) is 11.4. The van der Waals surface area contributed by atoms with E-state index in [1.165, 1.54) is 0 Å². The molecule has 2 N–H and O–H groups in total. The van der Waals surface area contributed by atoms with Gasteiger partial charge in [0.2, 0.25) is 0 Å². The van der Waals surface area contributed by atoms with Crippen LogP contribution in [-0.4, -0.2) is 30.0 Å². The molecule has 4 heteroatoms. The van der Waals surface area contributed by atoms with Gasteiger partial charge in [0.1, 0.15) is 0 Å². The molecule has 0 fully saturated rings. The van der Waals surface area contributed by atoms with Crippen LogP contribution in [0.15, 0.2) is 30.4 Å². The van der Waals surface area contributed by atoms with Gasteiger partial charge in [-0.25, -0.2) is 0 Å². The molecular weight excluding hydrogens is 244 g/mol. The van der Waals surface area contributed by atoms with E-state index in [0.29, 0.717) is 26.4 Å². The third-order valence-electron chi connectivity index (χ3n) is 2.60. The minimum atomic E-state index is -0.0779. The number of hydrogen-bond donors (Lipinski definition) is 2. The highest BCUT2D eigenvalue weighted by Gasteiger charge is 2.02. The lowest BCUT2D eigenvalue weighted by Gasteiger charge is -2.09. The number of hydrogen-bond acceptors (Lipinski definition) is 4. The van der Waals surface area contributed by atoms with Crippen LogP contribution in [0.1, 0.15) is 23.6 Å². The van der Waals surface area contributed by atoms with E-state index in [1.807, 2.05) is 25.1 Å². The van der Waals surface area contributed by atoms with Crippen LogP contribution in [0.4, 0.5) is 0 Å². The first-order valence-corrected chi connectivity index (χ1v) is 6.29. The Kier molecular flexibility index (Phi) is 7.36. The highest BCUT2D eigenvalue weighted by atomic mass is 16.5. The molecule has 0 atom stereocenters. The Labute approximate surface area is 114 Å². The van der Waals surface area contributed by atoms with Gasteiger partial charge in [0.05, 0.1) is 39.6 Å². The lowest BCUT2D eigenvalue weighted by molar-refractivity contribution is 0.0484. The third kappa shape index (κ3) is 5.98. The summed E-state index contributed by atoms with van der Waals surface area (Å²) in [5, 5.41) is 18.3. The van der Waals surface area contributed by atoms with Gasteiger partial charge in [0.25, 0.3) is 0 Å². The molecule has 0 aliphatic heterocycles. The average Bonchev–Trinajstić information content (AvgIpc) is 2.42. The van der Waals surface area contributed by atoms with Crippen molar-refractivity contribution in [1.29, 1.82) is 0 Å². The van der Waals surface area contributed by atoms with Gasteiger partial charge >= 0.3 is 0 Å². The summed E-state index contributed by atoms with van der Waals surface area (Å²) in [6.07, 6.45) is 0. The largest absolute Gasteiger partial charge is 0.392 e. The van der Waals surface area contributed by atoms with Gasteiger partial charge in [0.15, 0.2) is 0 Å². The van der Waals surface area contributed by atoms with Gasteiger partial charge in [0, 0.05) is 0 Å². The molecule has 0 saturated carbocycles. The molecule has 1 aromatic carbocycles. The van der Waals surface area contributed by atoms with Crippen molar-refractivity contribution in [2.24, 2.45) is 0 Å². The molecule has 0 heterocycles. The lowest BCUT2D eigenvalue weighted by atomic mass is 10.1. The first-order chi connectivity index (χ1) is 9.17. The van der Waals surface area contributed by atoms with Gasteiger partial charge in [-0.15, -0.1) is 0 Å². The maximum Gasteiger partial charge on any atom is 0.0718 e. The Morgan fingerprint density at radius 1 is 1.11 bits per heavy atom. The minimum absolute atomic E-state index is 0.0637. The number of aliphatic hydroxyl groups is 2. The van der Waals surface area contributed by atoms with Crippen molar-refractivity contribution in [2.75, 3.05) is 19.8 Å². The second-order valence-corrected chi connectivity index (χ2v) is 4.48. The summed E-state index contributed by atoms with van der Waals surface area (Å²) >= 11 is 0. The smallest absolute Gasteiger partial charge is 0.0718 e. The summed E-state index contributed by atoms with van der Waals surface area (Å²) < 4.78 is 10.8. The molecule has 0 aliphatic carbocycles. The van der Waals surface area contributed by atoms with Gasteiger partial charge in [-0.3, -0.25) is 0 Å². The summed E-state index contributed by atoms with van der Waals surface area (Å²) in [5.41, 5.74) is 3.45. The fraction of sp³-hybridized carbons (Fsp3) is 0.467. The number of rotatable bonds is 9. The quantitative estimate of drug-likeness (QED) is 0.528. The number of aliphatic hydroxyl groups excluding tert-OH is 2. The second-order valence-electron chi connectivity index (χ2n) is 4.48. The maximum atomic E-state index is 9.19. The van der Waals surface area contributed by atoms with Crippen LogP contribution in [0.2, 0.25) is 0 Å². The summed E-state index contributed by atoms with van der Waals surface area (Å²) in [6.45, 7) is 7.60. The molecule has 0 bridgehead atoms. The zero-order chi connectivity index (χ0) is 14.1. The van der Waals surface area contributed by atoms with Crippen LogP contribution in [0.25, 0.3) is 0 Å². The molecule has 0 radical (unpaired) electrons. The van der Waals surface area contributed by atoms with Crippen molar-refractivity contribution < 1.29 is 19.7 Å². The van der Waals surface area contributed by atoms with E-state index in [4.69, 9.17) is 14.6 Å². The van der Waals surface area contributed by atoms with Gasteiger partial charge < -0.3 is 19.7 Å². The molecule has 0 spiro atoms. The van der Waals surface area contributed by atoms with Crippen molar-refractivity contribution in [1.82, 2.24) is 0 Å². The van der Waals surface area contributed by atoms with Crippen molar-refractivity contribution in [3.8, 4) is 0 Å².